The van der Waals surface area contributed by atoms with Gasteiger partial charge in [-0.15, -0.1) is 0 Å². The summed E-state index contributed by atoms with van der Waals surface area (Å²) in [4.78, 5) is 6.78. The van der Waals surface area contributed by atoms with Gasteiger partial charge in [0.2, 0.25) is 0 Å². The Bertz CT molecular complexity index is 378. The van der Waals surface area contributed by atoms with Crippen molar-refractivity contribution in [2.75, 3.05) is 14.2 Å². The summed E-state index contributed by atoms with van der Waals surface area (Å²) < 4.78 is 5.93. The van der Waals surface area contributed by atoms with Gasteiger partial charge in [-0.05, 0) is 38.8 Å². The van der Waals surface area contributed by atoms with E-state index in [0.717, 1.165) is 12.8 Å². The minimum absolute atomic E-state index is 0.105. The number of aromatic nitrogens is 1. The van der Waals surface area contributed by atoms with Crippen LogP contribution in [0.4, 0.5) is 0 Å². The molecule has 2 atom stereocenters. The van der Waals surface area contributed by atoms with Crippen molar-refractivity contribution in [1.82, 2.24) is 9.88 Å². The first-order valence-corrected chi connectivity index (χ1v) is 6.43. The van der Waals surface area contributed by atoms with Gasteiger partial charge in [0, 0.05) is 37.2 Å². The fourth-order valence-corrected chi connectivity index (χ4v) is 3.58. The third-order valence-electron chi connectivity index (χ3n) is 4.69. The van der Waals surface area contributed by atoms with Crippen molar-refractivity contribution in [3.05, 3.63) is 30.1 Å². The molecular weight excluding hydrogens is 212 g/mol. The van der Waals surface area contributed by atoms with Crippen LogP contribution in [0.2, 0.25) is 0 Å². The molecule has 0 saturated carbocycles. The van der Waals surface area contributed by atoms with Gasteiger partial charge in [0.05, 0.1) is 5.60 Å². The van der Waals surface area contributed by atoms with Crippen LogP contribution in [-0.4, -0.2) is 36.1 Å². The van der Waals surface area contributed by atoms with Gasteiger partial charge < -0.3 is 9.64 Å². The van der Waals surface area contributed by atoms with E-state index in [1.165, 1.54) is 18.4 Å². The summed E-state index contributed by atoms with van der Waals surface area (Å²) in [6, 6.07) is 5.51. The van der Waals surface area contributed by atoms with Crippen molar-refractivity contribution in [2.24, 2.45) is 0 Å². The van der Waals surface area contributed by atoms with E-state index in [1.54, 1.807) is 0 Å². The van der Waals surface area contributed by atoms with Crippen LogP contribution >= 0.6 is 0 Å². The summed E-state index contributed by atoms with van der Waals surface area (Å²) in [5.74, 6) is 0. The first kappa shape index (κ1) is 11.2. The molecule has 2 aliphatic rings. The van der Waals surface area contributed by atoms with E-state index >= 15 is 0 Å². The molecular formula is C14H20N2O. The molecule has 0 N–H and O–H groups in total. The van der Waals surface area contributed by atoms with Crippen LogP contribution in [0.5, 0.6) is 0 Å². The minimum Gasteiger partial charge on any atom is -0.373 e. The molecule has 2 bridgehead atoms. The maximum atomic E-state index is 5.93. The molecule has 0 aromatic carbocycles. The Kier molecular flexibility index (Phi) is 2.68. The van der Waals surface area contributed by atoms with Crippen molar-refractivity contribution >= 4 is 0 Å². The molecule has 3 heterocycles. The number of methoxy groups -OCH3 is 1. The van der Waals surface area contributed by atoms with E-state index in [2.05, 4.69) is 23.0 Å². The van der Waals surface area contributed by atoms with Crippen molar-refractivity contribution in [3.63, 3.8) is 0 Å². The molecule has 2 saturated heterocycles. The summed E-state index contributed by atoms with van der Waals surface area (Å²) >= 11 is 0. The third-order valence-corrected chi connectivity index (χ3v) is 4.69. The molecule has 1 aromatic rings. The zero-order valence-corrected chi connectivity index (χ0v) is 10.6. The van der Waals surface area contributed by atoms with Crippen LogP contribution in [0.3, 0.4) is 0 Å². The van der Waals surface area contributed by atoms with Gasteiger partial charge in [0.1, 0.15) is 0 Å². The standard InChI is InChI=1S/C14H20N2O/c1-16-12-5-6-13(16)9-14(8-12,17-2)11-4-3-7-15-10-11/h3-4,7,10,12-13H,5-6,8-9H2,1-2H3. The highest BCUT2D eigenvalue weighted by atomic mass is 16.5. The molecule has 0 amide bonds. The Morgan fingerprint density at radius 3 is 2.59 bits per heavy atom. The average Bonchev–Trinajstić information content (AvgIpc) is 2.63. The highest BCUT2D eigenvalue weighted by Crippen LogP contribution is 2.46. The number of ether oxygens (including phenoxy) is 1. The number of hydrogen-bond acceptors (Lipinski definition) is 3. The SMILES string of the molecule is COC1(c2cccnc2)CC2CCC(C1)N2C. The maximum absolute atomic E-state index is 5.93. The molecule has 0 spiro atoms. The molecule has 2 unspecified atom stereocenters. The molecule has 0 aliphatic carbocycles. The molecule has 17 heavy (non-hydrogen) atoms. The largest absolute Gasteiger partial charge is 0.373 e. The highest BCUT2D eigenvalue weighted by molar-refractivity contribution is 5.22. The molecule has 1 aromatic heterocycles. The number of fused-ring (bicyclic) bond motifs is 2. The van der Waals surface area contributed by atoms with E-state index < -0.39 is 0 Å². The van der Waals surface area contributed by atoms with E-state index in [-0.39, 0.29) is 5.60 Å². The molecule has 3 heteroatoms. The van der Waals surface area contributed by atoms with Crippen LogP contribution in [0.15, 0.2) is 24.5 Å². The highest BCUT2D eigenvalue weighted by Gasteiger charge is 2.48. The van der Waals surface area contributed by atoms with Gasteiger partial charge in [-0.1, -0.05) is 6.07 Å². The first-order valence-electron chi connectivity index (χ1n) is 6.43. The predicted octanol–water partition coefficient (Wildman–Crippen LogP) is 2.18. The van der Waals surface area contributed by atoms with Crippen molar-refractivity contribution < 1.29 is 4.74 Å². The number of pyridine rings is 1. The number of hydrogen-bond donors (Lipinski definition) is 0. The number of piperidine rings is 1. The van der Waals surface area contributed by atoms with Crippen molar-refractivity contribution in [2.45, 2.75) is 43.4 Å². The Labute approximate surface area is 103 Å². The lowest BCUT2D eigenvalue weighted by molar-refractivity contribution is -0.0814. The molecule has 0 radical (unpaired) electrons. The van der Waals surface area contributed by atoms with Gasteiger partial charge in [0.25, 0.3) is 0 Å². The summed E-state index contributed by atoms with van der Waals surface area (Å²) in [6.45, 7) is 0. The molecule has 2 aliphatic heterocycles. The maximum Gasteiger partial charge on any atom is 0.0972 e. The van der Waals surface area contributed by atoms with Crippen molar-refractivity contribution in [3.8, 4) is 0 Å². The van der Waals surface area contributed by atoms with E-state index in [1.807, 2.05) is 25.6 Å². The van der Waals surface area contributed by atoms with E-state index in [9.17, 15) is 0 Å². The average molecular weight is 232 g/mol. The predicted molar refractivity (Wildman–Crippen MR) is 66.7 cm³/mol. The summed E-state index contributed by atoms with van der Waals surface area (Å²) in [5.41, 5.74) is 1.14. The lowest BCUT2D eigenvalue weighted by atomic mass is 9.81. The summed E-state index contributed by atoms with van der Waals surface area (Å²) in [5, 5.41) is 0. The first-order chi connectivity index (χ1) is 8.25. The second-order valence-corrected chi connectivity index (χ2v) is 5.40. The minimum atomic E-state index is -0.105. The third kappa shape index (κ3) is 1.69. The number of nitrogens with zero attached hydrogens (tertiary/aromatic N) is 2. The van der Waals surface area contributed by atoms with Crippen LogP contribution in [0.25, 0.3) is 0 Å². The molecule has 2 fully saturated rings. The quantitative estimate of drug-likeness (QED) is 0.781. The van der Waals surface area contributed by atoms with Gasteiger partial charge >= 0.3 is 0 Å². The van der Waals surface area contributed by atoms with Crippen LogP contribution in [0.1, 0.15) is 31.2 Å². The van der Waals surface area contributed by atoms with Gasteiger partial charge in [-0.2, -0.15) is 0 Å². The zero-order chi connectivity index (χ0) is 11.9. The van der Waals surface area contributed by atoms with Crippen molar-refractivity contribution in [1.29, 1.82) is 0 Å². The van der Waals surface area contributed by atoms with Gasteiger partial charge in [-0.25, -0.2) is 0 Å². The fraction of sp³-hybridized carbons (Fsp3) is 0.643. The molecule has 3 rings (SSSR count). The zero-order valence-electron chi connectivity index (χ0n) is 10.6. The van der Waals surface area contributed by atoms with Crippen LogP contribution in [0, 0.1) is 0 Å². The summed E-state index contributed by atoms with van der Waals surface area (Å²) in [6.07, 6.45) is 8.62. The Morgan fingerprint density at radius 2 is 2.06 bits per heavy atom. The van der Waals surface area contributed by atoms with Gasteiger partial charge in [-0.3, -0.25) is 4.98 Å². The van der Waals surface area contributed by atoms with Crippen LogP contribution in [-0.2, 0) is 10.3 Å². The lowest BCUT2D eigenvalue weighted by Gasteiger charge is -2.44. The van der Waals surface area contributed by atoms with E-state index in [0.29, 0.717) is 12.1 Å². The fourth-order valence-electron chi connectivity index (χ4n) is 3.58. The monoisotopic (exact) mass is 232 g/mol. The van der Waals surface area contributed by atoms with Crippen LogP contribution < -0.4 is 0 Å². The normalized spacial score (nSPS) is 37.3. The Balaban J connectivity index is 1.95. The topological polar surface area (TPSA) is 25.4 Å². The van der Waals surface area contributed by atoms with E-state index in [4.69, 9.17) is 4.74 Å². The lowest BCUT2D eigenvalue weighted by Crippen LogP contribution is -2.48. The smallest absolute Gasteiger partial charge is 0.0972 e. The summed E-state index contributed by atoms with van der Waals surface area (Å²) in [7, 11) is 4.10. The Morgan fingerprint density at radius 1 is 1.35 bits per heavy atom. The number of rotatable bonds is 2. The second-order valence-electron chi connectivity index (χ2n) is 5.40. The Hall–Kier alpha value is -0.930. The van der Waals surface area contributed by atoms with Gasteiger partial charge in [0.15, 0.2) is 0 Å². The molecule has 92 valence electrons. The molecule has 3 nitrogen and oxygen atoms in total. The second kappa shape index (κ2) is 4.07.